The summed E-state index contributed by atoms with van der Waals surface area (Å²) >= 11 is 0. The number of aliphatic hydroxyl groups is 1. The van der Waals surface area contributed by atoms with Crippen molar-refractivity contribution in [1.29, 1.82) is 0 Å². The minimum atomic E-state index is -0.425. The Hall–Kier alpha value is -0.160. The second kappa shape index (κ2) is 4.01. The van der Waals surface area contributed by atoms with Crippen LogP contribution in [0.15, 0.2) is 0 Å². The predicted molar refractivity (Wildman–Crippen MR) is 38.2 cm³/mol. The van der Waals surface area contributed by atoms with Gasteiger partial charge in [-0.3, -0.25) is 0 Å². The highest BCUT2D eigenvalue weighted by atomic mass is 16.7. The van der Waals surface area contributed by atoms with E-state index in [4.69, 9.17) is 19.3 Å². The quantitative estimate of drug-likeness (QED) is 0.608. The molecular formula is C7H14O4. The molecule has 0 bridgehead atoms. The summed E-state index contributed by atoms with van der Waals surface area (Å²) in [7, 11) is 3.15. The third-order valence-corrected chi connectivity index (χ3v) is 1.80. The normalized spacial score (nSPS) is 39.0. The highest BCUT2D eigenvalue weighted by Gasteiger charge is 2.30. The first-order valence-corrected chi connectivity index (χ1v) is 3.63. The van der Waals surface area contributed by atoms with Crippen LogP contribution in [0.3, 0.4) is 0 Å². The molecule has 0 spiro atoms. The number of ether oxygens (including phenoxy) is 3. The molecule has 1 aliphatic heterocycles. The lowest BCUT2D eigenvalue weighted by Crippen LogP contribution is -2.43. The molecule has 0 aliphatic carbocycles. The lowest BCUT2D eigenvalue weighted by Gasteiger charge is -2.31. The fraction of sp³-hybridized carbons (Fsp3) is 1.00. The Morgan fingerprint density at radius 3 is 2.64 bits per heavy atom. The Bertz CT molecular complexity index is 117. The summed E-state index contributed by atoms with van der Waals surface area (Å²) in [6.45, 7) is 0.332. The van der Waals surface area contributed by atoms with E-state index in [-0.39, 0.29) is 12.4 Å². The molecule has 3 unspecified atom stereocenters. The van der Waals surface area contributed by atoms with E-state index in [9.17, 15) is 0 Å². The zero-order chi connectivity index (χ0) is 8.27. The first-order valence-electron chi connectivity index (χ1n) is 3.63. The first-order chi connectivity index (χ1) is 5.27. The van der Waals surface area contributed by atoms with Crippen molar-refractivity contribution >= 4 is 0 Å². The Kier molecular flexibility index (Phi) is 3.26. The molecule has 1 heterocycles. The van der Waals surface area contributed by atoms with Gasteiger partial charge in [0.15, 0.2) is 6.29 Å². The summed E-state index contributed by atoms with van der Waals surface area (Å²) < 4.78 is 15.2. The molecule has 66 valence electrons. The molecular weight excluding hydrogens is 148 g/mol. The van der Waals surface area contributed by atoms with Crippen molar-refractivity contribution in [3.05, 3.63) is 0 Å². The molecule has 1 aliphatic rings. The van der Waals surface area contributed by atoms with Crippen molar-refractivity contribution in [3.63, 3.8) is 0 Å². The van der Waals surface area contributed by atoms with Gasteiger partial charge in [-0.05, 0) is 0 Å². The van der Waals surface area contributed by atoms with Crippen LogP contribution in [0.1, 0.15) is 6.42 Å². The van der Waals surface area contributed by atoms with Crippen LogP contribution in [0.25, 0.3) is 0 Å². The van der Waals surface area contributed by atoms with Crippen molar-refractivity contribution in [3.8, 4) is 0 Å². The second-order valence-corrected chi connectivity index (χ2v) is 2.60. The smallest absolute Gasteiger partial charge is 0.183 e. The van der Waals surface area contributed by atoms with E-state index >= 15 is 0 Å². The molecule has 0 radical (unpaired) electrons. The molecule has 1 rings (SSSR count). The molecule has 1 fully saturated rings. The molecule has 0 aromatic heterocycles. The average molecular weight is 162 g/mol. The van der Waals surface area contributed by atoms with Crippen LogP contribution in [0, 0.1) is 0 Å². The van der Waals surface area contributed by atoms with Crippen molar-refractivity contribution in [1.82, 2.24) is 0 Å². The maximum atomic E-state index is 9.16. The van der Waals surface area contributed by atoms with E-state index in [1.165, 1.54) is 0 Å². The van der Waals surface area contributed by atoms with Gasteiger partial charge in [0.05, 0.1) is 12.7 Å². The van der Waals surface area contributed by atoms with E-state index in [1.54, 1.807) is 14.2 Å². The molecule has 3 atom stereocenters. The fourth-order valence-corrected chi connectivity index (χ4v) is 1.19. The van der Waals surface area contributed by atoms with E-state index in [0.717, 1.165) is 0 Å². The van der Waals surface area contributed by atoms with Crippen LogP contribution in [0.2, 0.25) is 0 Å². The molecule has 0 saturated carbocycles. The fourth-order valence-electron chi connectivity index (χ4n) is 1.19. The van der Waals surface area contributed by atoms with Gasteiger partial charge in [0.2, 0.25) is 0 Å². The van der Waals surface area contributed by atoms with Crippen LogP contribution < -0.4 is 0 Å². The standard InChI is InChI=1S/C7H14O4/c1-9-6-3-5(8)4-11-7(6)10-2/h5-8H,3-4H2,1-2H3. The Morgan fingerprint density at radius 1 is 1.36 bits per heavy atom. The van der Waals surface area contributed by atoms with E-state index in [1.807, 2.05) is 0 Å². The largest absolute Gasteiger partial charge is 0.391 e. The molecule has 0 aromatic rings. The van der Waals surface area contributed by atoms with Gasteiger partial charge >= 0.3 is 0 Å². The van der Waals surface area contributed by atoms with Gasteiger partial charge in [-0.25, -0.2) is 0 Å². The average Bonchev–Trinajstić information content (AvgIpc) is 2.04. The van der Waals surface area contributed by atoms with E-state index in [0.29, 0.717) is 13.0 Å². The molecule has 0 amide bonds. The van der Waals surface area contributed by atoms with Crippen LogP contribution in [0.4, 0.5) is 0 Å². The van der Waals surface area contributed by atoms with Crippen LogP contribution in [0.5, 0.6) is 0 Å². The van der Waals surface area contributed by atoms with Gasteiger partial charge in [0.25, 0.3) is 0 Å². The molecule has 1 N–H and O–H groups in total. The van der Waals surface area contributed by atoms with Gasteiger partial charge in [0.1, 0.15) is 6.10 Å². The van der Waals surface area contributed by atoms with Gasteiger partial charge in [-0.1, -0.05) is 0 Å². The summed E-state index contributed by atoms with van der Waals surface area (Å²) in [5, 5.41) is 9.16. The van der Waals surface area contributed by atoms with E-state index in [2.05, 4.69) is 0 Å². The van der Waals surface area contributed by atoms with Crippen LogP contribution in [-0.4, -0.2) is 44.4 Å². The predicted octanol–water partition coefficient (Wildman–Crippen LogP) is -0.245. The summed E-state index contributed by atoms with van der Waals surface area (Å²) in [6.07, 6.45) is -0.326. The van der Waals surface area contributed by atoms with Crippen molar-refractivity contribution in [2.45, 2.75) is 24.9 Å². The van der Waals surface area contributed by atoms with Crippen molar-refractivity contribution in [2.24, 2.45) is 0 Å². The zero-order valence-electron chi connectivity index (χ0n) is 6.82. The number of hydrogen-bond acceptors (Lipinski definition) is 4. The monoisotopic (exact) mass is 162 g/mol. The van der Waals surface area contributed by atoms with Crippen molar-refractivity contribution in [2.75, 3.05) is 20.8 Å². The highest BCUT2D eigenvalue weighted by Crippen LogP contribution is 2.17. The SMILES string of the molecule is COC1CC(O)COC1OC. The maximum Gasteiger partial charge on any atom is 0.183 e. The minimum Gasteiger partial charge on any atom is -0.391 e. The third-order valence-electron chi connectivity index (χ3n) is 1.80. The molecule has 11 heavy (non-hydrogen) atoms. The summed E-state index contributed by atoms with van der Waals surface area (Å²) in [5.41, 5.74) is 0. The highest BCUT2D eigenvalue weighted by molar-refractivity contribution is 4.73. The molecule has 4 heteroatoms. The summed E-state index contributed by atoms with van der Waals surface area (Å²) in [5.74, 6) is 0. The molecule has 4 nitrogen and oxygen atoms in total. The Balaban J connectivity index is 2.41. The minimum absolute atomic E-state index is 0.149. The van der Waals surface area contributed by atoms with Gasteiger partial charge in [-0.2, -0.15) is 0 Å². The Labute approximate surface area is 66.1 Å². The topological polar surface area (TPSA) is 47.9 Å². The second-order valence-electron chi connectivity index (χ2n) is 2.60. The van der Waals surface area contributed by atoms with Crippen LogP contribution in [-0.2, 0) is 14.2 Å². The lowest BCUT2D eigenvalue weighted by molar-refractivity contribution is -0.231. The summed E-state index contributed by atoms with van der Waals surface area (Å²) in [6, 6.07) is 0. The van der Waals surface area contributed by atoms with Gasteiger partial charge in [-0.15, -0.1) is 0 Å². The van der Waals surface area contributed by atoms with Gasteiger partial charge < -0.3 is 19.3 Å². The number of aliphatic hydroxyl groups excluding tert-OH is 1. The zero-order valence-corrected chi connectivity index (χ0v) is 6.82. The lowest BCUT2D eigenvalue weighted by atomic mass is 10.1. The first kappa shape index (κ1) is 8.93. The maximum absolute atomic E-state index is 9.16. The number of rotatable bonds is 2. The molecule has 0 aromatic carbocycles. The Morgan fingerprint density at radius 2 is 2.09 bits per heavy atom. The van der Waals surface area contributed by atoms with E-state index < -0.39 is 6.10 Å². The number of methoxy groups -OCH3 is 2. The summed E-state index contributed by atoms with van der Waals surface area (Å²) in [4.78, 5) is 0. The number of hydrogen-bond donors (Lipinski definition) is 1. The third kappa shape index (κ3) is 2.13. The van der Waals surface area contributed by atoms with Crippen molar-refractivity contribution < 1.29 is 19.3 Å². The molecule has 1 saturated heterocycles. The van der Waals surface area contributed by atoms with Crippen LogP contribution >= 0.6 is 0 Å². The van der Waals surface area contributed by atoms with Gasteiger partial charge in [0, 0.05) is 20.6 Å².